The lowest BCUT2D eigenvalue weighted by molar-refractivity contribution is 0.0369. The fourth-order valence-electron chi connectivity index (χ4n) is 4.34. The van der Waals surface area contributed by atoms with Gasteiger partial charge >= 0.3 is 0 Å². The molecule has 2 heterocycles. The highest BCUT2D eigenvalue weighted by Crippen LogP contribution is 2.18. The molecule has 0 N–H and O–H groups in total. The second-order valence-electron chi connectivity index (χ2n) is 8.22. The zero-order chi connectivity index (χ0) is 23.1. The molecule has 0 saturated carbocycles. The summed E-state index contributed by atoms with van der Waals surface area (Å²) in [6.07, 6.45) is 1.22. The first-order chi connectivity index (χ1) is 15.4. The van der Waals surface area contributed by atoms with Gasteiger partial charge in [0.2, 0.25) is 0 Å². The summed E-state index contributed by atoms with van der Waals surface area (Å²) < 4.78 is 21.4. The Morgan fingerprint density at radius 3 is 2.50 bits per heavy atom. The van der Waals surface area contributed by atoms with Gasteiger partial charge in [-0.3, -0.25) is 14.5 Å². The predicted molar refractivity (Wildman–Crippen MR) is 124 cm³/mol. The molecule has 1 fully saturated rings. The molecular formula is C25H34FN3O3. The highest BCUT2D eigenvalue weighted by Gasteiger charge is 2.24. The van der Waals surface area contributed by atoms with Gasteiger partial charge in [0.25, 0.3) is 5.91 Å². The van der Waals surface area contributed by atoms with Gasteiger partial charge in [0, 0.05) is 63.1 Å². The molecule has 0 radical (unpaired) electrons. The number of pyridine rings is 1. The number of amides is 1. The first-order valence-electron chi connectivity index (χ1n) is 11.5. The van der Waals surface area contributed by atoms with Gasteiger partial charge in [0.1, 0.15) is 11.4 Å². The van der Waals surface area contributed by atoms with Gasteiger partial charge in [0.05, 0.1) is 13.2 Å². The average Bonchev–Trinajstić information content (AvgIpc) is 2.77. The summed E-state index contributed by atoms with van der Waals surface area (Å²) in [5.41, 5.74) is 2.16. The van der Waals surface area contributed by atoms with Crippen LogP contribution in [0.3, 0.4) is 0 Å². The van der Waals surface area contributed by atoms with Crippen LogP contribution in [0, 0.1) is 12.7 Å². The molecule has 3 rings (SSSR count). The predicted octanol–water partition coefficient (Wildman–Crippen LogP) is 3.09. The zero-order valence-corrected chi connectivity index (χ0v) is 19.4. The van der Waals surface area contributed by atoms with Crippen LogP contribution in [-0.2, 0) is 17.7 Å². The van der Waals surface area contributed by atoms with Crippen molar-refractivity contribution < 1.29 is 13.9 Å². The van der Waals surface area contributed by atoms with E-state index in [1.807, 2.05) is 26.8 Å². The Hall–Kier alpha value is -2.51. The Morgan fingerprint density at radius 2 is 1.84 bits per heavy atom. The van der Waals surface area contributed by atoms with Crippen LogP contribution in [-0.4, -0.2) is 66.2 Å². The number of rotatable bonds is 9. The van der Waals surface area contributed by atoms with E-state index in [0.29, 0.717) is 31.7 Å². The fourth-order valence-corrected chi connectivity index (χ4v) is 4.34. The monoisotopic (exact) mass is 443 g/mol. The number of morpholine rings is 1. The lowest BCUT2D eigenvalue weighted by atomic mass is 10.0. The minimum absolute atomic E-state index is 0.204. The number of halogens is 1. The molecule has 6 nitrogen and oxygen atoms in total. The average molecular weight is 444 g/mol. The van der Waals surface area contributed by atoms with E-state index in [1.54, 1.807) is 17.0 Å². The number of ether oxygens (including phenoxy) is 1. The van der Waals surface area contributed by atoms with E-state index in [-0.39, 0.29) is 22.7 Å². The van der Waals surface area contributed by atoms with E-state index < -0.39 is 0 Å². The maximum absolute atomic E-state index is 13.9. The summed E-state index contributed by atoms with van der Waals surface area (Å²) in [6, 6.07) is 7.92. The molecule has 1 amide bonds. The van der Waals surface area contributed by atoms with Crippen molar-refractivity contribution in [1.29, 1.82) is 0 Å². The van der Waals surface area contributed by atoms with Gasteiger partial charge in [0.15, 0.2) is 5.43 Å². The Balaban J connectivity index is 1.98. The number of aromatic nitrogens is 1. The Labute approximate surface area is 189 Å². The van der Waals surface area contributed by atoms with E-state index in [0.717, 1.165) is 50.5 Å². The van der Waals surface area contributed by atoms with Crippen LogP contribution in [0.15, 0.2) is 35.1 Å². The normalized spacial score (nSPS) is 14.5. The zero-order valence-electron chi connectivity index (χ0n) is 19.4. The molecule has 0 unspecified atom stereocenters. The molecular weight excluding hydrogens is 409 g/mol. The standard InChI is InChI=1S/C25H34FN3O3/c1-4-28(5-2)25(31)24-22(18-20-8-6-9-21(26)17-20)29(19(3)16-23(24)30)11-7-10-27-12-14-32-15-13-27/h6,8-9,16-17H,4-5,7,10-15,18H2,1-3H3. The van der Waals surface area contributed by atoms with Crippen LogP contribution in [0.2, 0.25) is 0 Å². The molecule has 1 saturated heterocycles. The summed E-state index contributed by atoms with van der Waals surface area (Å²) in [5.74, 6) is -0.582. The topological polar surface area (TPSA) is 54.8 Å². The minimum Gasteiger partial charge on any atom is -0.379 e. The van der Waals surface area contributed by atoms with E-state index in [1.165, 1.54) is 12.1 Å². The van der Waals surface area contributed by atoms with Crippen molar-refractivity contribution in [3.05, 3.63) is 68.9 Å². The van der Waals surface area contributed by atoms with Crippen LogP contribution in [0.4, 0.5) is 4.39 Å². The number of benzene rings is 1. The number of carbonyl (C=O) groups excluding carboxylic acids is 1. The van der Waals surface area contributed by atoms with Gasteiger partial charge in [-0.1, -0.05) is 12.1 Å². The molecule has 7 heteroatoms. The maximum Gasteiger partial charge on any atom is 0.259 e. The highest BCUT2D eigenvalue weighted by molar-refractivity contribution is 5.95. The molecule has 0 atom stereocenters. The molecule has 0 aliphatic carbocycles. The molecule has 1 aliphatic heterocycles. The summed E-state index contributed by atoms with van der Waals surface area (Å²) >= 11 is 0. The van der Waals surface area contributed by atoms with Gasteiger partial charge in [-0.2, -0.15) is 0 Å². The van der Waals surface area contributed by atoms with Crippen molar-refractivity contribution in [2.24, 2.45) is 0 Å². The van der Waals surface area contributed by atoms with Crippen LogP contribution in [0.5, 0.6) is 0 Å². The molecule has 1 aromatic carbocycles. The first kappa shape index (κ1) is 24.1. The van der Waals surface area contributed by atoms with E-state index in [4.69, 9.17) is 4.74 Å². The largest absolute Gasteiger partial charge is 0.379 e. The van der Waals surface area contributed by atoms with Crippen molar-refractivity contribution in [2.75, 3.05) is 45.9 Å². The molecule has 2 aromatic rings. The van der Waals surface area contributed by atoms with E-state index >= 15 is 0 Å². The SMILES string of the molecule is CCN(CC)C(=O)c1c(Cc2cccc(F)c2)n(CCCN2CCOCC2)c(C)cc1=O. The summed E-state index contributed by atoms with van der Waals surface area (Å²) in [5, 5.41) is 0. The number of carbonyl (C=O) groups is 1. The van der Waals surface area contributed by atoms with Crippen molar-refractivity contribution in [3.8, 4) is 0 Å². The van der Waals surface area contributed by atoms with E-state index in [2.05, 4.69) is 9.47 Å². The lowest BCUT2D eigenvalue weighted by Crippen LogP contribution is -2.38. The van der Waals surface area contributed by atoms with Crippen molar-refractivity contribution in [3.63, 3.8) is 0 Å². The van der Waals surface area contributed by atoms with Crippen molar-refractivity contribution in [2.45, 2.75) is 40.2 Å². The lowest BCUT2D eigenvalue weighted by Gasteiger charge is -2.28. The Morgan fingerprint density at radius 1 is 1.12 bits per heavy atom. The van der Waals surface area contributed by atoms with Crippen LogP contribution < -0.4 is 5.43 Å². The van der Waals surface area contributed by atoms with Gasteiger partial charge in [-0.05, 0) is 44.9 Å². The second-order valence-corrected chi connectivity index (χ2v) is 8.22. The summed E-state index contributed by atoms with van der Waals surface area (Å²) in [6.45, 7) is 11.7. The van der Waals surface area contributed by atoms with Gasteiger partial charge in [-0.25, -0.2) is 4.39 Å². The van der Waals surface area contributed by atoms with E-state index in [9.17, 15) is 14.0 Å². The van der Waals surface area contributed by atoms with Crippen molar-refractivity contribution >= 4 is 5.91 Å². The maximum atomic E-state index is 13.9. The Kier molecular flexibility index (Phi) is 8.59. The van der Waals surface area contributed by atoms with Crippen molar-refractivity contribution in [1.82, 2.24) is 14.4 Å². The number of nitrogens with zero attached hydrogens (tertiary/aromatic N) is 3. The molecule has 1 aliphatic rings. The molecule has 174 valence electrons. The number of hydrogen-bond acceptors (Lipinski definition) is 4. The number of aryl methyl sites for hydroxylation is 1. The third-order valence-electron chi connectivity index (χ3n) is 6.11. The minimum atomic E-state index is -0.326. The Bertz CT molecular complexity index is 979. The summed E-state index contributed by atoms with van der Waals surface area (Å²) in [7, 11) is 0. The summed E-state index contributed by atoms with van der Waals surface area (Å²) in [4.78, 5) is 30.4. The third kappa shape index (κ3) is 5.84. The quantitative estimate of drug-likeness (QED) is 0.598. The fraction of sp³-hybridized carbons (Fsp3) is 0.520. The second kappa shape index (κ2) is 11.4. The molecule has 32 heavy (non-hydrogen) atoms. The molecule has 0 bridgehead atoms. The molecule has 1 aromatic heterocycles. The van der Waals surface area contributed by atoms with Crippen LogP contribution in [0.1, 0.15) is 47.6 Å². The molecule has 0 spiro atoms. The van der Waals surface area contributed by atoms with Gasteiger partial charge in [-0.15, -0.1) is 0 Å². The number of hydrogen-bond donors (Lipinski definition) is 0. The highest BCUT2D eigenvalue weighted by atomic mass is 19.1. The third-order valence-corrected chi connectivity index (χ3v) is 6.11. The van der Waals surface area contributed by atoms with Crippen LogP contribution >= 0.6 is 0 Å². The van der Waals surface area contributed by atoms with Gasteiger partial charge < -0.3 is 14.2 Å². The van der Waals surface area contributed by atoms with Crippen LogP contribution in [0.25, 0.3) is 0 Å². The first-order valence-corrected chi connectivity index (χ1v) is 11.5. The smallest absolute Gasteiger partial charge is 0.259 e.